The molecule has 0 bridgehead atoms. The van der Waals surface area contributed by atoms with E-state index < -0.39 is 23.1 Å². The third-order valence-electron chi connectivity index (χ3n) is 9.04. The highest BCUT2D eigenvalue weighted by Gasteiger charge is 2.27. The van der Waals surface area contributed by atoms with E-state index in [4.69, 9.17) is 23.7 Å². The molecule has 7 rings (SSSR count). The van der Waals surface area contributed by atoms with Crippen molar-refractivity contribution in [1.82, 2.24) is 14.5 Å². The van der Waals surface area contributed by atoms with Crippen molar-refractivity contribution >= 4 is 22.5 Å². The summed E-state index contributed by atoms with van der Waals surface area (Å²) in [7, 11) is 3.28. The summed E-state index contributed by atoms with van der Waals surface area (Å²) in [5.74, 6) is -0.579. The van der Waals surface area contributed by atoms with Crippen LogP contribution in [0.25, 0.3) is 16.6 Å². The summed E-state index contributed by atoms with van der Waals surface area (Å²) < 4.78 is 59.2. The van der Waals surface area contributed by atoms with Gasteiger partial charge in [-0.15, -0.1) is 0 Å². The van der Waals surface area contributed by atoms with E-state index in [0.717, 1.165) is 38.5 Å². The van der Waals surface area contributed by atoms with Crippen LogP contribution in [0.1, 0.15) is 28.8 Å². The second kappa shape index (κ2) is 14.8. The highest BCUT2D eigenvalue weighted by atomic mass is 19.1. The number of anilines is 1. The molecule has 2 aliphatic rings. The lowest BCUT2D eigenvalue weighted by molar-refractivity contribution is 0.0271. The van der Waals surface area contributed by atoms with Gasteiger partial charge in [-0.1, -0.05) is 0 Å². The molecule has 2 aliphatic heterocycles. The van der Waals surface area contributed by atoms with Gasteiger partial charge in [0.15, 0.2) is 23.1 Å². The number of ether oxygens (including phenoxy) is 5. The quantitative estimate of drug-likeness (QED) is 0.174. The summed E-state index contributed by atoms with van der Waals surface area (Å²) in [6.07, 6.45) is 5.99. The van der Waals surface area contributed by atoms with E-state index in [1.165, 1.54) is 41.0 Å². The monoisotopic (exact) mass is 698 g/mol. The van der Waals surface area contributed by atoms with Crippen LogP contribution in [0.4, 0.5) is 14.5 Å². The molecule has 0 radical (unpaired) electrons. The molecule has 5 aromatic rings. The number of pyridine rings is 2. The number of nitrogens with zero attached hydrogens (tertiary/aromatic N) is 3. The van der Waals surface area contributed by atoms with Gasteiger partial charge in [-0.05, 0) is 67.9 Å². The van der Waals surface area contributed by atoms with E-state index in [-0.39, 0.29) is 28.9 Å². The number of amides is 1. The minimum atomic E-state index is -0.775. The molecule has 1 saturated heterocycles. The molecule has 0 aliphatic carbocycles. The normalized spacial score (nSPS) is 15.6. The summed E-state index contributed by atoms with van der Waals surface area (Å²) in [4.78, 5) is 33.7. The topological polar surface area (TPSA) is 113 Å². The second-order valence-electron chi connectivity index (χ2n) is 12.3. The lowest BCUT2D eigenvalue weighted by Gasteiger charge is -2.31. The first kappa shape index (κ1) is 33.9. The van der Waals surface area contributed by atoms with Gasteiger partial charge in [0, 0.05) is 73.5 Å². The molecule has 0 spiro atoms. The summed E-state index contributed by atoms with van der Waals surface area (Å²) in [6.45, 7) is 3.34. The zero-order valence-electron chi connectivity index (χ0n) is 28.1. The second-order valence-corrected chi connectivity index (χ2v) is 12.3. The first-order chi connectivity index (χ1) is 24.8. The van der Waals surface area contributed by atoms with E-state index in [9.17, 15) is 14.0 Å². The Bertz CT molecular complexity index is 2140. The fourth-order valence-electron chi connectivity index (χ4n) is 6.41. The number of benzene rings is 3. The summed E-state index contributed by atoms with van der Waals surface area (Å²) >= 11 is 0. The van der Waals surface area contributed by atoms with Crippen LogP contribution < -0.4 is 29.8 Å². The van der Waals surface area contributed by atoms with Crippen molar-refractivity contribution in [3.63, 3.8) is 0 Å². The Kier molecular flexibility index (Phi) is 9.82. The van der Waals surface area contributed by atoms with E-state index in [1.54, 1.807) is 44.8 Å². The van der Waals surface area contributed by atoms with Gasteiger partial charge >= 0.3 is 0 Å². The van der Waals surface area contributed by atoms with E-state index in [2.05, 4.69) is 15.2 Å². The van der Waals surface area contributed by atoms with Crippen LogP contribution in [-0.2, 0) is 11.2 Å². The maximum atomic E-state index is 15.5. The number of piperidine rings is 1. The van der Waals surface area contributed by atoms with E-state index in [1.807, 2.05) is 0 Å². The Balaban J connectivity index is 1.07. The molecule has 3 aromatic carbocycles. The van der Waals surface area contributed by atoms with Crippen LogP contribution in [0.15, 0.2) is 77.9 Å². The molecule has 0 saturated carbocycles. The lowest BCUT2D eigenvalue weighted by atomic mass is 10.1. The fraction of sp³-hybridized carbons (Fsp3) is 0.289. The summed E-state index contributed by atoms with van der Waals surface area (Å²) in [6, 6.07) is 14.4. The minimum absolute atomic E-state index is 0.0959. The number of hydrogen-bond donors (Lipinski definition) is 1. The fourth-order valence-corrected chi connectivity index (χ4v) is 6.41. The molecule has 4 heterocycles. The Morgan fingerprint density at radius 3 is 2.65 bits per heavy atom. The molecule has 1 amide bonds. The van der Waals surface area contributed by atoms with Crippen molar-refractivity contribution in [2.45, 2.75) is 25.4 Å². The first-order valence-electron chi connectivity index (χ1n) is 16.6. The molecule has 1 N–H and O–H groups in total. The van der Waals surface area contributed by atoms with Crippen molar-refractivity contribution < 1.29 is 37.3 Å². The largest absolute Gasteiger partial charge is 0.493 e. The van der Waals surface area contributed by atoms with Crippen molar-refractivity contribution in [1.29, 1.82) is 0 Å². The molecule has 1 atom stereocenters. The van der Waals surface area contributed by atoms with Gasteiger partial charge < -0.3 is 29.0 Å². The molecule has 1 unspecified atom stereocenters. The predicted molar refractivity (Wildman–Crippen MR) is 186 cm³/mol. The summed E-state index contributed by atoms with van der Waals surface area (Å²) in [5, 5.41) is 3.18. The van der Waals surface area contributed by atoms with Gasteiger partial charge in [-0.2, -0.15) is 0 Å². The van der Waals surface area contributed by atoms with Gasteiger partial charge in [-0.25, -0.2) is 8.78 Å². The minimum Gasteiger partial charge on any atom is -0.493 e. The lowest BCUT2D eigenvalue weighted by Crippen LogP contribution is -2.41. The molecule has 2 aromatic heterocycles. The number of halogens is 2. The van der Waals surface area contributed by atoms with Gasteiger partial charge in [0.1, 0.15) is 29.5 Å². The maximum absolute atomic E-state index is 15.5. The highest BCUT2D eigenvalue weighted by Crippen LogP contribution is 2.38. The molecular weight excluding hydrogens is 662 g/mol. The molecule has 264 valence electrons. The standard InChI is InChI=1S/C38H36F2N4O7/c1-47-27-4-3-14-43(22-27)15-17-49-34-20-30-28(19-33(34)48-2)31(11-13-41-30)51-32-10-7-25(18-29(32)40)42-37(45)35-36-23(12-16-50-36)21-44(38(35)46)26-8-5-24(39)6-9-26/h5-11,13,18-21,27H,3-4,12,14-17,22H2,1-2H3,(H,42,45). The number of hydrogen-bond acceptors (Lipinski definition) is 9. The molecule has 1 fully saturated rings. The number of nitrogens with one attached hydrogen (secondary N) is 1. The van der Waals surface area contributed by atoms with Gasteiger partial charge in [0.25, 0.3) is 11.5 Å². The number of aromatic nitrogens is 2. The van der Waals surface area contributed by atoms with Crippen molar-refractivity contribution in [2.75, 3.05) is 52.4 Å². The smallest absolute Gasteiger partial charge is 0.271 e. The maximum Gasteiger partial charge on any atom is 0.271 e. The molecule has 11 nitrogen and oxygen atoms in total. The van der Waals surface area contributed by atoms with E-state index >= 15 is 4.39 Å². The first-order valence-corrected chi connectivity index (χ1v) is 16.6. The highest BCUT2D eigenvalue weighted by molar-refractivity contribution is 6.06. The average molecular weight is 699 g/mol. The van der Waals surface area contributed by atoms with Crippen LogP contribution in [0, 0.1) is 11.6 Å². The van der Waals surface area contributed by atoms with Crippen molar-refractivity contribution in [2.24, 2.45) is 0 Å². The van der Waals surface area contributed by atoms with Crippen LogP contribution >= 0.6 is 0 Å². The number of carbonyl (C=O) groups is 1. The Labute approximate surface area is 292 Å². The number of likely N-dealkylation sites (tertiary alicyclic amines) is 1. The SMILES string of the molecule is COc1cc2c(Oc3ccc(NC(=O)c4c5c(cn(-c6ccc(F)cc6)c4=O)CCO5)cc3F)ccnc2cc1OCCN1CCCC(OC)C1. The van der Waals surface area contributed by atoms with Crippen LogP contribution in [0.2, 0.25) is 0 Å². The van der Waals surface area contributed by atoms with Gasteiger partial charge in [0.2, 0.25) is 0 Å². The Morgan fingerprint density at radius 1 is 1.02 bits per heavy atom. The third kappa shape index (κ3) is 7.21. The zero-order valence-corrected chi connectivity index (χ0v) is 28.1. The number of fused-ring (bicyclic) bond motifs is 2. The molecule has 51 heavy (non-hydrogen) atoms. The van der Waals surface area contributed by atoms with Gasteiger partial charge in [-0.3, -0.25) is 24.0 Å². The average Bonchev–Trinajstić information content (AvgIpc) is 3.61. The number of rotatable bonds is 11. The van der Waals surface area contributed by atoms with E-state index in [0.29, 0.717) is 59.0 Å². The zero-order chi connectivity index (χ0) is 35.5. The van der Waals surface area contributed by atoms with Crippen LogP contribution in [0.3, 0.4) is 0 Å². The van der Waals surface area contributed by atoms with Crippen LogP contribution in [0.5, 0.6) is 28.7 Å². The third-order valence-corrected chi connectivity index (χ3v) is 9.04. The Morgan fingerprint density at radius 2 is 1.86 bits per heavy atom. The van der Waals surface area contributed by atoms with Crippen molar-refractivity contribution in [3.8, 4) is 34.4 Å². The Hall–Kier alpha value is -5.53. The van der Waals surface area contributed by atoms with Gasteiger partial charge in [0.05, 0.1) is 25.3 Å². The molecular formula is C38H36F2N4O7. The van der Waals surface area contributed by atoms with Crippen molar-refractivity contribution in [3.05, 3.63) is 106 Å². The summed E-state index contributed by atoms with van der Waals surface area (Å²) in [5.41, 5.74) is 0.804. The predicted octanol–water partition coefficient (Wildman–Crippen LogP) is 6.14. The van der Waals surface area contributed by atoms with Crippen LogP contribution in [-0.4, -0.2) is 73.5 Å². The molecule has 13 heteroatoms. The number of methoxy groups -OCH3 is 2. The number of carbonyl (C=O) groups excluding carboxylic acids is 1.